The number of carbonyl (C=O) groups excluding carboxylic acids is 1. The summed E-state index contributed by atoms with van der Waals surface area (Å²) in [6.45, 7) is 5.42. The van der Waals surface area contributed by atoms with Gasteiger partial charge in [0.25, 0.3) is 0 Å². The molecule has 25 heavy (non-hydrogen) atoms. The molecule has 3 atom stereocenters. The van der Waals surface area contributed by atoms with E-state index in [0.717, 1.165) is 39.0 Å². The first-order valence-corrected chi connectivity index (χ1v) is 8.91. The van der Waals surface area contributed by atoms with Crippen LogP contribution in [0.15, 0.2) is 25.0 Å². The van der Waals surface area contributed by atoms with Crippen LogP contribution in [0, 0.1) is 5.92 Å². The summed E-state index contributed by atoms with van der Waals surface area (Å²) in [6, 6.07) is 0.573. The zero-order chi connectivity index (χ0) is 17.4. The number of carbonyl (C=O) groups is 1. The van der Waals surface area contributed by atoms with Crippen LogP contribution in [-0.2, 0) is 24.9 Å². The van der Waals surface area contributed by atoms with Gasteiger partial charge in [0, 0.05) is 51.4 Å². The maximum Gasteiger partial charge on any atom is 0.220 e. The summed E-state index contributed by atoms with van der Waals surface area (Å²) in [7, 11) is 1.95. The van der Waals surface area contributed by atoms with Gasteiger partial charge in [0.15, 0.2) is 0 Å². The molecule has 4 heterocycles. The van der Waals surface area contributed by atoms with Crippen molar-refractivity contribution in [1.29, 1.82) is 0 Å². The average molecular weight is 343 g/mol. The Morgan fingerprint density at radius 3 is 2.92 bits per heavy atom. The molecule has 2 aromatic rings. The molecule has 2 aliphatic rings. The summed E-state index contributed by atoms with van der Waals surface area (Å²) in [6.07, 6.45) is 9.38. The number of likely N-dealkylation sites (tertiary alicyclic amines) is 2. The minimum Gasteiger partial charge on any atom is -0.335 e. The molecule has 0 aliphatic carbocycles. The lowest BCUT2D eigenvalue weighted by atomic mass is 9.92. The molecule has 134 valence electrons. The minimum absolute atomic E-state index is 0.179. The van der Waals surface area contributed by atoms with Crippen LogP contribution in [-0.4, -0.2) is 65.4 Å². The zero-order valence-corrected chi connectivity index (χ0v) is 14.8. The number of aromatic nitrogens is 5. The third kappa shape index (κ3) is 3.30. The molecule has 0 radical (unpaired) electrons. The van der Waals surface area contributed by atoms with E-state index < -0.39 is 0 Å². The number of piperidine rings is 1. The Labute approximate surface area is 147 Å². The Kier molecular flexibility index (Phi) is 4.29. The molecule has 0 aromatic carbocycles. The summed E-state index contributed by atoms with van der Waals surface area (Å²) in [5.41, 5.74) is 1.25. The van der Waals surface area contributed by atoms with Gasteiger partial charge in [-0.05, 0) is 18.8 Å². The van der Waals surface area contributed by atoms with E-state index in [2.05, 4.69) is 31.2 Å². The number of aryl methyl sites for hydroxylation is 1. The first-order valence-electron chi connectivity index (χ1n) is 8.91. The van der Waals surface area contributed by atoms with Gasteiger partial charge >= 0.3 is 0 Å². The number of hydrogen-bond donors (Lipinski definition) is 0. The van der Waals surface area contributed by atoms with Crippen LogP contribution in [0.1, 0.15) is 25.3 Å². The highest BCUT2D eigenvalue weighted by atomic mass is 16.2. The Bertz CT molecular complexity index is 725. The summed E-state index contributed by atoms with van der Waals surface area (Å²) in [5, 5.41) is 8.47. The van der Waals surface area contributed by atoms with Gasteiger partial charge in [-0.3, -0.25) is 19.1 Å². The van der Waals surface area contributed by atoms with Crippen molar-refractivity contribution < 1.29 is 4.79 Å². The molecule has 4 rings (SSSR count). The smallest absolute Gasteiger partial charge is 0.220 e. The maximum absolute atomic E-state index is 12.3. The second-order valence-electron chi connectivity index (χ2n) is 7.31. The van der Waals surface area contributed by atoms with Crippen molar-refractivity contribution in [2.24, 2.45) is 13.0 Å². The molecule has 0 unspecified atom stereocenters. The lowest BCUT2D eigenvalue weighted by Gasteiger charge is -2.38. The topological polar surface area (TPSA) is 72.1 Å². The molecular weight excluding hydrogens is 318 g/mol. The van der Waals surface area contributed by atoms with Gasteiger partial charge < -0.3 is 4.90 Å². The van der Waals surface area contributed by atoms with E-state index in [1.165, 1.54) is 5.56 Å². The van der Waals surface area contributed by atoms with Crippen LogP contribution in [0.5, 0.6) is 0 Å². The summed E-state index contributed by atoms with van der Waals surface area (Å²) >= 11 is 0. The molecule has 2 saturated heterocycles. The van der Waals surface area contributed by atoms with Crippen molar-refractivity contribution in [3.05, 3.63) is 30.6 Å². The Morgan fingerprint density at radius 2 is 2.24 bits per heavy atom. The fourth-order valence-electron chi connectivity index (χ4n) is 4.58. The standard InChI is InChI=1S/C17H25N7O/c1-13(25)24-16(10-23-12-18-11-20-23)5-15-9-22(4-3-17(15)24)8-14-6-19-21(2)7-14/h6-7,11-12,15-17H,3-5,8-10H2,1-2H3/t15-,16+,17+/m1/s1. The third-order valence-corrected chi connectivity index (χ3v) is 5.50. The van der Waals surface area contributed by atoms with Crippen LogP contribution < -0.4 is 0 Å². The van der Waals surface area contributed by atoms with Crippen LogP contribution >= 0.6 is 0 Å². The van der Waals surface area contributed by atoms with Crippen LogP contribution in [0.3, 0.4) is 0 Å². The molecular formula is C17H25N7O. The number of rotatable bonds is 4. The largest absolute Gasteiger partial charge is 0.335 e. The lowest BCUT2D eigenvalue weighted by Crippen LogP contribution is -2.48. The fraction of sp³-hybridized carbons (Fsp3) is 0.647. The molecule has 0 saturated carbocycles. The van der Waals surface area contributed by atoms with E-state index in [0.29, 0.717) is 12.0 Å². The number of nitrogens with zero attached hydrogens (tertiary/aromatic N) is 7. The molecule has 8 nitrogen and oxygen atoms in total. The number of fused-ring (bicyclic) bond motifs is 1. The van der Waals surface area contributed by atoms with Gasteiger partial charge in [0.05, 0.1) is 18.8 Å². The zero-order valence-electron chi connectivity index (χ0n) is 14.8. The van der Waals surface area contributed by atoms with Crippen LogP contribution in [0.4, 0.5) is 0 Å². The first kappa shape index (κ1) is 16.3. The molecule has 2 fully saturated rings. The molecule has 2 aliphatic heterocycles. The quantitative estimate of drug-likeness (QED) is 0.809. The second kappa shape index (κ2) is 6.59. The fourth-order valence-corrected chi connectivity index (χ4v) is 4.58. The van der Waals surface area contributed by atoms with E-state index in [1.54, 1.807) is 19.6 Å². The normalized spacial score (nSPS) is 26.8. The van der Waals surface area contributed by atoms with Crippen molar-refractivity contribution in [2.45, 2.75) is 44.9 Å². The average Bonchev–Trinajstić information content (AvgIpc) is 3.27. The van der Waals surface area contributed by atoms with Gasteiger partial charge in [-0.25, -0.2) is 4.98 Å². The highest BCUT2D eigenvalue weighted by molar-refractivity contribution is 5.74. The number of hydrogen-bond acceptors (Lipinski definition) is 5. The van der Waals surface area contributed by atoms with Crippen molar-refractivity contribution in [3.63, 3.8) is 0 Å². The first-order chi connectivity index (χ1) is 12.1. The summed E-state index contributed by atoms with van der Waals surface area (Å²) in [5.74, 6) is 0.709. The van der Waals surface area contributed by atoms with Crippen LogP contribution in [0.2, 0.25) is 0 Å². The molecule has 8 heteroatoms. The van der Waals surface area contributed by atoms with Gasteiger partial charge in [-0.2, -0.15) is 10.2 Å². The van der Waals surface area contributed by atoms with E-state index in [-0.39, 0.29) is 11.9 Å². The predicted molar refractivity (Wildman–Crippen MR) is 91.3 cm³/mol. The van der Waals surface area contributed by atoms with Gasteiger partial charge in [-0.15, -0.1) is 0 Å². The maximum atomic E-state index is 12.3. The van der Waals surface area contributed by atoms with Crippen molar-refractivity contribution in [1.82, 2.24) is 34.3 Å². The van der Waals surface area contributed by atoms with Gasteiger partial charge in [-0.1, -0.05) is 0 Å². The van der Waals surface area contributed by atoms with E-state index in [4.69, 9.17) is 0 Å². The minimum atomic E-state index is 0.179. The third-order valence-electron chi connectivity index (χ3n) is 5.50. The number of amides is 1. The molecule has 2 aromatic heterocycles. The van der Waals surface area contributed by atoms with E-state index in [1.807, 2.05) is 22.6 Å². The van der Waals surface area contributed by atoms with Gasteiger partial charge in [0.1, 0.15) is 12.7 Å². The van der Waals surface area contributed by atoms with Crippen molar-refractivity contribution in [3.8, 4) is 0 Å². The Balaban J connectivity index is 1.44. The monoisotopic (exact) mass is 343 g/mol. The molecule has 0 bridgehead atoms. The summed E-state index contributed by atoms with van der Waals surface area (Å²) in [4.78, 5) is 20.9. The molecule has 0 spiro atoms. The van der Waals surface area contributed by atoms with Crippen molar-refractivity contribution in [2.75, 3.05) is 13.1 Å². The Hall–Kier alpha value is -2.22. The second-order valence-corrected chi connectivity index (χ2v) is 7.31. The molecule has 0 N–H and O–H groups in total. The van der Waals surface area contributed by atoms with Crippen molar-refractivity contribution >= 4 is 5.91 Å². The SMILES string of the molecule is CC(=O)N1[C@H](Cn2cncn2)C[C@@H]2CN(Cc3cnn(C)c3)CC[C@@H]21. The van der Waals surface area contributed by atoms with Crippen LogP contribution in [0.25, 0.3) is 0 Å². The highest BCUT2D eigenvalue weighted by Crippen LogP contribution is 2.36. The highest BCUT2D eigenvalue weighted by Gasteiger charge is 2.45. The lowest BCUT2D eigenvalue weighted by molar-refractivity contribution is -0.133. The van der Waals surface area contributed by atoms with E-state index >= 15 is 0 Å². The predicted octanol–water partition coefficient (Wildman–Crippen LogP) is 0.523. The molecule has 1 amide bonds. The van der Waals surface area contributed by atoms with Gasteiger partial charge in [0.2, 0.25) is 5.91 Å². The van der Waals surface area contributed by atoms with E-state index in [9.17, 15) is 4.79 Å². The summed E-state index contributed by atoms with van der Waals surface area (Å²) < 4.78 is 3.69. The Morgan fingerprint density at radius 1 is 1.36 bits per heavy atom.